The molecule has 4 heterocycles. The van der Waals surface area contributed by atoms with Crippen molar-refractivity contribution in [3.8, 4) is 11.3 Å². The molecule has 4 rings (SSSR count). The van der Waals surface area contributed by atoms with Crippen LogP contribution in [0.1, 0.15) is 26.7 Å². The van der Waals surface area contributed by atoms with Crippen LogP contribution in [0.5, 0.6) is 0 Å². The Bertz CT molecular complexity index is 908. The number of likely N-dealkylation sites (tertiary alicyclic amines) is 1. The van der Waals surface area contributed by atoms with Crippen LogP contribution in [-0.4, -0.2) is 57.2 Å². The summed E-state index contributed by atoms with van der Waals surface area (Å²) in [5.41, 5.74) is 2.79. The zero-order valence-electron chi connectivity index (χ0n) is 16.9. The molecule has 0 spiro atoms. The van der Waals surface area contributed by atoms with Crippen LogP contribution in [0.15, 0.2) is 36.7 Å². The van der Waals surface area contributed by atoms with Gasteiger partial charge in [-0.25, -0.2) is 14.5 Å². The lowest BCUT2D eigenvalue weighted by atomic mass is 10.1. The maximum Gasteiger partial charge on any atom is 0.154 e. The van der Waals surface area contributed by atoms with Crippen LogP contribution in [-0.2, 0) is 0 Å². The number of anilines is 2. The second-order valence-electron chi connectivity index (χ2n) is 8.06. The molecule has 0 unspecified atom stereocenters. The zero-order valence-corrected chi connectivity index (χ0v) is 16.9. The minimum atomic E-state index is 0.473. The van der Waals surface area contributed by atoms with Crippen LogP contribution < -0.4 is 10.6 Å². The third-order valence-electron chi connectivity index (χ3n) is 5.18. The normalized spacial score (nSPS) is 16.0. The highest BCUT2D eigenvalue weighted by molar-refractivity contribution is 5.64. The van der Waals surface area contributed by atoms with Crippen LogP contribution in [0.25, 0.3) is 16.9 Å². The summed E-state index contributed by atoms with van der Waals surface area (Å²) in [5, 5.41) is 11.7. The lowest BCUT2D eigenvalue weighted by molar-refractivity contribution is 0.263. The number of hydrogen-bond donors (Lipinski definition) is 2. The van der Waals surface area contributed by atoms with Gasteiger partial charge in [0.1, 0.15) is 11.6 Å². The van der Waals surface area contributed by atoms with Gasteiger partial charge in [-0.3, -0.25) is 0 Å². The number of imidazole rings is 1. The summed E-state index contributed by atoms with van der Waals surface area (Å²) in [6.07, 6.45) is 6.02. The average Bonchev–Trinajstić information content (AvgIpc) is 3.12. The molecule has 2 N–H and O–H groups in total. The molecule has 7 nitrogen and oxygen atoms in total. The van der Waals surface area contributed by atoms with Crippen LogP contribution in [0.3, 0.4) is 0 Å². The molecular weight excluding hydrogens is 350 g/mol. The predicted molar refractivity (Wildman–Crippen MR) is 114 cm³/mol. The number of aromatic nitrogens is 4. The topological polar surface area (TPSA) is 70.4 Å². The Morgan fingerprint density at radius 3 is 2.54 bits per heavy atom. The van der Waals surface area contributed by atoms with E-state index in [1.54, 1.807) is 0 Å². The van der Waals surface area contributed by atoms with Gasteiger partial charge in [-0.2, -0.15) is 0 Å². The van der Waals surface area contributed by atoms with Crippen molar-refractivity contribution in [2.75, 3.05) is 37.3 Å². The summed E-state index contributed by atoms with van der Waals surface area (Å²) in [6.45, 7) is 7.53. The van der Waals surface area contributed by atoms with Crippen molar-refractivity contribution in [3.05, 3.63) is 36.7 Å². The monoisotopic (exact) mass is 379 g/mol. The van der Waals surface area contributed by atoms with Crippen molar-refractivity contribution in [3.63, 3.8) is 0 Å². The van der Waals surface area contributed by atoms with Gasteiger partial charge in [0.15, 0.2) is 5.65 Å². The fraction of sp³-hybridized carbons (Fsp3) is 0.476. The van der Waals surface area contributed by atoms with E-state index in [0.717, 1.165) is 61.0 Å². The van der Waals surface area contributed by atoms with Crippen molar-refractivity contribution in [1.82, 2.24) is 24.5 Å². The molecule has 0 amide bonds. The molecule has 1 aliphatic rings. The molecule has 7 heteroatoms. The van der Waals surface area contributed by atoms with Crippen molar-refractivity contribution in [1.29, 1.82) is 0 Å². The fourth-order valence-corrected chi connectivity index (χ4v) is 3.47. The van der Waals surface area contributed by atoms with Gasteiger partial charge in [0.25, 0.3) is 0 Å². The van der Waals surface area contributed by atoms with Gasteiger partial charge in [0.2, 0.25) is 0 Å². The summed E-state index contributed by atoms with van der Waals surface area (Å²) in [5.74, 6) is 2.37. The molecule has 0 radical (unpaired) electrons. The summed E-state index contributed by atoms with van der Waals surface area (Å²) in [7, 11) is 2.18. The number of fused-ring (bicyclic) bond motifs is 1. The van der Waals surface area contributed by atoms with Crippen LogP contribution in [0.2, 0.25) is 0 Å². The minimum absolute atomic E-state index is 0.473. The number of rotatable bonds is 6. The average molecular weight is 380 g/mol. The largest absolute Gasteiger partial charge is 0.370 e. The molecular formula is C21H29N7. The van der Waals surface area contributed by atoms with Crippen molar-refractivity contribution in [2.24, 2.45) is 5.92 Å². The number of nitrogens with zero attached hydrogens (tertiary/aromatic N) is 5. The van der Waals surface area contributed by atoms with Crippen LogP contribution >= 0.6 is 0 Å². The lowest BCUT2D eigenvalue weighted by Gasteiger charge is -2.29. The van der Waals surface area contributed by atoms with Crippen LogP contribution in [0, 0.1) is 5.92 Å². The second-order valence-corrected chi connectivity index (χ2v) is 8.06. The molecule has 0 aromatic carbocycles. The van der Waals surface area contributed by atoms with Gasteiger partial charge >= 0.3 is 0 Å². The van der Waals surface area contributed by atoms with Gasteiger partial charge in [-0.05, 0) is 63.2 Å². The number of nitrogens with one attached hydrogen (secondary N) is 2. The van der Waals surface area contributed by atoms with Crippen molar-refractivity contribution in [2.45, 2.75) is 32.7 Å². The first-order valence-corrected chi connectivity index (χ1v) is 10.1. The molecule has 0 saturated carbocycles. The molecule has 1 saturated heterocycles. The molecule has 3 aromatic heterocycles. The van der Waals surface area contributed by atoms with E-state index in [1.807, 2.05) is 35.1 Å². The second kappa shape index (κ2) is 8.14. The predicted octanol–water partition coefficient (Wildman–Crippen LogP) is 3.37. The molecule has 0 aliphatic carbocycles. The number of hydrogen-bond acceptors (Lipinski definition) is 6. The molecule has 148 valence electrons. The van der Waals surface area contributed by atoms with E-state index >= 15 is 0 Å². The highest BCUT2D eigenvalue weighted by atomic mass is 15.3. The Kier molecular flexibility index (Phi) is 5.43. The lowest BCUT2D eigenvalue weighted by Crippen LogP contribution is -2.36. The standard InChI is InChI=1S/C21H29N7/c1-15(2)12-22-19-5-4-16(13-23-19)18-14-24-21-7-6-20(26-28(18)21)25-17-8-10-27(3)11-9-17/h4-7,13-15,17H,8-12H2,1-3H3,(H,22,23)(H,25,26). The summed E-state index contributed by atoms with van der Waals surface area (Å²) >= 11 is 0. The third kappa shape index (κ3) is 4.25. The van der Waals surface area contributed by atoms with Gasteiger partial charge in [0.05, 0.1) is 11.9 Å². The van der Waals surface area contributed by atoms with E-state index in [1.165, 1.54) is 0 Å². The Morgan fingerprint density at radius 1 is 1.04 bits per heavy atom. The van der Waals surface area contributed by atoms with Gasteiger partial charge in [-0.1, -0.05) is 13.8 Å². The third-order valence-corrected chi connectivity index (χ3v) is 5.18. The molecule has 1 aliphatic heterocycles. The van der Waals surface area contributed by atoms with Gasteiger partial charge in [-0.15, -0.1) is 5.10 Å². The zero-order chi connectivity index (χ0) is 19.5. The highest BCUT2D eigenvalue weighted by Crippen LogP contribution is 2.22. The first kappa shape index (κ1) is 18.7. The fourth-order valence-electron chi connectivity index (χ4n) is 3.47. The molecule has 28 heavy (non-hydrogen) atoms. The number of pyridine rings is 1. The maximum absolute atomic E-state index is 4.79. The SMILES string of the molecule is CC(C)CNc1ccc(-c2cnc3ccc(NC4CCN(C)CC4)nn23)cn1. The Hall–Kier alpha value is -2.67. The first-order chi connectivity index (χ1) is 13.6. The van der Waals surface area contributed by atoms with E-state index in [0.29, 0.717) is 12.0 Å². The highest BCUT2D eigenvalue weighted by Gasteiger charge is 2.17. The van der Waals surface area contributed by atoms with Crippen molar-refractivity contribution < 1.29 is 0 Å². The Morgan fingerprint density at radius 2 is 1.82 bits per heavy atom. The quantitative estimate of drug-likeness (QED) is 0.684. The molecule has 1 fully saturated rings. The van der Waals surface area contributed by atoms with E-state index in [2.05, 4.69) is 52.5 Å². The van der Waals surface area contributed by atoms with Crippen molar-refractivity contribution >= 4 is 17.3 Å². The number of piperidine rings is 1. The summed E-state index contributed by atoms with van der Waals surface area (Å²) in [4.78, 5) is 11.4. The van der Waals surface area contributed by atoms with E-state index in [4.69, 9.17) is 5.10 Å². The summed E-state index contributed by atoms with van der Waals surface area (Å²) < 4.78 is 1.90. The van der Waals surface area contributed by atoms with Crippen LogP contribution in [0.4, 0.5) is 11.6 Å². The van der Waals surface area contributed by atoms with E-state index in [-0.39, 0.29) is 0 Å². The van der Waals surface area contributed by atoms with E-state index < -0.39 is 0 Å². The Labute approximate surface area is 166 Å². The Balaban J connectivity index is 1.53. The molecule has 3 aromatic rings. The van der Waals surface area contributed by atoms with Gasteiger partial charge < -0.3 is 15.5 Å². The smallest absolute Gasteiger partial charge is 0.154 e. The molecule has 0 atom stereocenters. The first-order valence-electron chi connectivity index (χ1n) is 10.1. The maximum atomic E-state index is 4.79. The summed E-state index contributed by atoms with van der Waals surface area (Å²) in [6, 6.07) is 8.58. The van der Waals surface area contributed by atoms with Gasteiger partial charge in [0, 0.05) is 24.3 Å². The molecule has 0 bridgehead atoms. The minimum Gasteiger partial charge on any atom is -0.370 e. The van der Waals surface area contributed by atoms with E-state index in [9.17, 15) is 0 Å².